The highest BCUT2D eigenvalue weighted by atomic mass is 32.2. The number of thioether (sulfide) groups is 1. The topological polar surface area (TPSA) is 23.5 Å². The van der Waals surface area contributed by atoms with Gasteiger partial charge in [0, 0.05) is 35.3 Å². The number of halogens is 1. The summed E-state index contributed by atoms with van der Waals surface area (Å²) in [5.41, 5.74) is 1.28. The normalized spacial score (nSPS) is 22.0. The zero-order chi connectivity index (χ0) is 13.1. The van der Waals surface area contributed by atoms with Crippen molar-refractivity contribution in [1.29, 1.82) is 0 Å². The molecule has 4 heteroatoms. The van der Waals surface area contributed by atoms with Gasteiger partial charge in [-0.3, -0.25) is 0 Å². The summed E-state index contributed by atoms with van der Waals surface area (Å²) in [6.45, 7) is 5.66. The Kier molecular flexibility index (Phi) is 4.51. The second-order valence-electron chi connectivity index (χ2n) is 4.70. The number of hydrogen-bond acceptors (Lipinski definition) is 3. The molecule has 18 heavy (non-hydrogen) atoms. The lowest BCUT2D eigenvalue weighted by Gasteiger charge is -2.35. The predicted molar refractivity (Wildman–Crippen MR) is 75.8 cm³/mol. The number of rotatable bonds is 3. The summed E-state index contributed by atoms with van der Waals surface area (Å²) < 4.78 is 13.8. The van der Waals surface area contributed by atoms with Crippen molar-refractivity contribution < 1.29 is 9.50 Å². The standard InChI is InChI=1S/C14H20FNOS/c1-3-11-9-16(7-8-18-11)13-6-4-5-12(15)14(13)10(2)17/h4-6,10-11,17H,3,7-9H2,1-2H3/t10-,11?/m0/s1. The lowest BCUT2D eigenvalue weighted by Crippen LogP contribution is -2.38. The first-order valence-electron chi connectivity index (χ1n) is 6.46. The molecule has 1 aromatic carbocycles. The number of aliphatic hydroxyl groups is 1. The van der Waals surface area contributed by atoms with E-state index in [1.54, 1.807) is 13.0 Å². The first kappa shape index (κ1) is 13.7. The van der Waals surface area contributed by atoms with E-state index in [1.807, 2.05) is 17.8 Å². The maximum Gasteiger partial charge on any atom is 0.131 e. The van der Waals surface area contributed by atoms with E-state index >= 15 is 0 Å². The van der Waals surface area contributed by atoms with Crippen LogP contribution in [0.25, 0.3) is 0 Å². The third-order valence-electron chi connectivity index (χ3n) is 3.38. The molecule has 1 saturated heterocycles. The van der Waals surface area contributed by atoms with Gasteiger partial charge in [-0.1, -0.05) is 13.0 Å². The zero-order valence-electron chi connectivity index (χ0n) is 10.9. The van der Waals surface area contributed by atoms with Gasteiger partial charge in [-0.05, 0) is 25.5 Å². The van der Waals surface area contributed by atoms with Crippen molar-refractivity contribution >= 4 is 17.4 Å². The van der Waals surface area contributed by atoms with E-state index in [1.165, 1.54) is 6.07 Å². The Morgan fingerprint density at radius 3 is 3.00 bits per heavy atom. The summed E-state index contributed by atoms with van der Waals surface area (Å²) in [6.07, 6.45) is 0.358. The molecule has 1 heterocycles. The van der Waals surface area contributed by atoms with Gasteiger partial charge in [0.25, 0.3) is 0 Å². The Morgan fingerprint density at radius 2 is 2.33 bits per heavy atom. The van der Waals surface area contributed by atoms with Gasteiger partial charge < -0.3 is 10.0 Å². The predicted octanol–water partition coefficient (Wildman–Crippen LogP) is 3.21. The molecule has 0 spiro atoms. The van der Waals surface area contributed by atoms with Gasteiger partial charge in [0.1, 0.15) is 5.82 Å². The lowest BCUT2D eigenvalue weighted by atomic mass is 10.1. The lowest BCUT2D eigenvalue weighted by molar-refractivity contribution is 0.194. The summed E-state index contributed by atoms with van der Waals surface area (Å²) in [6, 6.07) is 5.05. The molecule has 0 amide bonds. The van der Waals surface area contributed by atoms with Crippen LogP contribution in [0.1, 0.15) is 31.9 Å². The molecule has 100 valence electrons. The Balaban J connectivity index is 2.29. The summed E-state index contributed by atoms with van der Waals surface area (Å²) >= 11 is 1.98. The SMILES string of the molecule is CCC1CN(c2cccc(F)c2[C@H](C)O)CCS1. The van der Waals surface area contributed by atoms with Crippen LogP contribution < -0.4 is 4.90 Å². The fourth-order valence-electron chi connectivity index (χ4n) is 2.40. The van der Waals surface area contributed by atoms with E-state index in [-0.39, 0.29) is 5.82 Å². The van der Waals surface area contributed by atoms with Crippen molar-refractivity contribution in [1.82, 2.24) is 0 Å². The summed E-state index contributed by atoms with van der Waals surface area (Å²) in [7, 11) is 0. The van der Waals surface area contributed by atoms with Crippen molar-refractivity contribution in [3.63, 3.8) is 0 Å². The second kappa shape index (κ2) is 5.93. The van der Waals surface area contributed by atoms with Gasteiger partial charge in [0.2, 0.25) is 0 Å². The van der Waals surface area contributed by atoms with Crippen LogP contribution in [0.15, 0.2) is 18.2 Å². The fraction of sp³-hybridized carbons (Fsp3) is 0.571. The van der Waals surface area contributed by atoms with Gasteiger partial charge in [-0.15, -0.1) is 0 Å². The third kappa shape index (κ3) is 2.81. The molecule has 1 aliphatic rings. The highest BCUT2D eigenvalue weighted by molar-refractivity contribution is 8.00. The first-order chi connectivity index (χ1) is 8.63. The highest BCUT2D eigenvalue weighted by Crippen LogP contribution is 2.32. The van der Waals surface area contributed by atoms with Crippen molar-refractivity contribution in [2.45, 2.75) is 31.6 Å². The molecular weight excluding hydrogens is 249 g/mol. The molecule has 0 saturated carbocycles. The molecule has 0 aliphatic carbocycles. The third-order valence-corrected chi connectivity index (χ3v) is 4.75. The van der Waals surface area contributed by atoms with Crippen molar-refractivity contribution in [3.05, 3.63) is 29.6 Å². The van der Waals surface area contributed by atoms with Gasteiger partial charge in [-0.2, -0.15) is 11.8 Å². The monoisotopic (exact) mass is 269 g/mol. The van der Waals surface area contributed by atoms with Crippen LogP contribution in [-0.2, 0) is 0 Å². The van der Waals surface area contributed by atoms with Crippen molar-refractivity contribution in [2.24, 2.45) is 0 Å². The van der Waals surface area contributed by atoms with E-state index in [0.717, 1.165) is 31.0 Å². The van der Waals surface area contributed by atoms with Crippen LogP contribution in [0.5, 0.6) is 0 Å². The average molecular weight is 269 g/mol. The van der Waals surface area contributed by atoms with Crippen LogP contribution in [0.3, 0.4) is 0 Å². The van der Waals surface area contributed by atoms with Gasteiger partial charge in [0.05, 0.1) is 6.10 Å². The highest BCUT2D eigenvalue weighted by Gasteiger charge is 2.23. The molecule has 2 atom stereocenters. The Bertz CT molecular complexity index is 411. The first-order valence-corrected chi connectivity index (χ1v) is 7.51. The number of nitrogens with zero attached hydrogens (tertiary/aromatic N) is 1. The van der Waals surface area contributed by atoms with E-state index in [4.69, 9.17) is 0 Å². The van der Waals surface area contributed by atoms with Crippen LogP contribution in [-0.4, -0.2) is 29.2 Å². The summed E-state index contributed by atoms with van der Waals surface area (Å²) in [4.78, 5) is 2.20. The van der Waals surface area contributed by atoms with E-state index < -0.39 is 6.10 Å². The maximum atomic E-state index is 13.8. The molecule has 1 aliphatic heterocycles. The molecule has 2 nitrogen and oxygen atoms in total. The number of benzene rings is 1. The molecule has 1 fully saturated rings. The minimum Gasteiger partial charge on any atom is -0.389 e. The van der Waals surface area contributed by atoms with Crippen LogP contribution in [0.4, 0.5) is 10.1 Å². The molecular formula is C14H20FNOS. The summed E-state index contributed by atoms with van der Waals surface area (Å²) in [5.74, 6) is 0.752. The number of hydrogen-bond donors (Lipinski definition) is 1. The number of aliphatic hydroxyl groups excluding tert-OH is 1. The zero-order valence-corrected chi connectivity index (χ0v) is 11.7. The van der Waals surface area contributed by atoms with E-state index in [9.17, 15) is 9.50 Å². The Labute approximate surface area is 112 Å². The molecule has 0 radical (unpaired) electrons. The average Bonchev–Trinajstić information content (AvgIpc) is 2.38. The largest absolute Gasteiger partial charge is 0.389 e. The van der Waals surface area contributed by atoms with Gasteiger partial charge in [0.15, 0.2) is 0 Å². The Hall–Kier alpha value is -0.740. The molecule has 1 N–H and O–H groups in total. The second-order valence-corrected chi connectivity index (χ2v) is 6.10. The fourth-order valence-corrected chi connectivity index (χ4v) is 3.58. The number of anilines is 1. The van der Waals surface area contributed by atoms with Crippen LogP contribution in [0, 0.1) is 5.82 Å². The summed E-state index contributed by atoms with van der Waals surface area (Å²) in [5, 5.41) is 10.4. The molecule has 1 aromatic rings. The maximum absolute atomic E-state index is 13.8. The molecule has 0 bridgehead atoms. The van der Waals surface area contributed by atoms with E-state index in [0.29, 0.717) is 10.8 Å². The van der Waals surface area contributed by atoms with Crippen molar-refractivity contribution in [3.8, 4) is 0 Å². The minimum absolute atomic E-state index is 0.311. The Morgan fingerprint density at radius 1 is 1.56 bits per heavy atom. The van der Waals surface area contributed by atoms with Crippen LogP contribution in [0.2, 0.25) is 0 Å². The van der Waals surface area contributed by atoms with Crippen LogP contribution >= 0.6 is 11.8 Å². The smallest absolute Gasteiger partial charge is 0.131 e. The van der Waals surface area contributed by atoms with Crippen molar-refractivity contribution in [2.75, 3.05) is 23.7 Å². The van der Waals surface area contributed by atoms with E-state index in [2.05, 4.69) is 11.8 Å². The van der Waals surface area contributed by atoms with Gasteiger partial charge in [-0.25, -0.2) is 4.39 Å². The van der Waals surface area contributed by atoms with Gasteiger partial charge >= 0.3 is 0 Å². The molecule has 1 unspecified atom stereocenters. The molecule has 0 aromatic heterocycles. The molecule has 2 rings (SSSR count). The minimum atomic E-state index is -0.768. The quantitative estimate of drug-likeness (QED) is 0.911.